The number of primary amides is 1. The zero-order valence-corrected chi connectivity index (χ0v) is 10.7. The predicted molar refractivity (Wildman–Crippen MR) is 74.8 cm³/mol. The number of aromatic carboxylic acids is 1. The second-order valence-electron chi connectivity index (χ2n) is 4.39. The van der Waals surface area contributed by atoms with Gasteiger partial charge in [0.2, 0.25) is 0 Å². The van der Waals surface area contributed by atoms with Crippen LogP contribution < -0.4 is 5.73 Å². The Morgan fingerprint density at radius 1 is 1.19 bits per heavy atom. The molecule has 1 aromatic carbocycles. The molecule has 0 saturated heterocycles. The second kappa shape index (κ2) is 4.71. The van der Waals surface area contributed by atoms with Crippen molar-refractivity contribution in [3.8, 4) is 11.5 Å². The zero-order chi connectivity index (χ0) is 15.0. The van der Waals surface area contributed by atoms with Gasteiger partial charge in [0.15, 0.2) is 5.82 Å². The van der Waals surface area contributed by atoms with E-state index >= 15 is 0 Å². The molecule has 0 saturated carbocycles. The molecule has 4 N–H and O–H groups in total. The van der Waals surface area contributed by atoms with Gasteiger partial charge in [-0.2, -0.15) is 0 Å². The highest BCUT2D eigenvalue weighted by Crippen LogP contribution is 2.21. The molecule has 0 fully saturated rings. The summed E-state index contributed by atoms with van der Waals surface area (Å²) in [5, 5.41) is 8.84. The molecular weight excluding hydrogens is 272 g/mol. The van der Waals surface area contributed by atoms with Gasteiger partial charge in [0, 0.05) is 6.20 Å². The predicted octanol–water partition coefficient (Wildman–Crippen LogP) is 1.42. The monoisotopic (exact) mass is 282 g/mol. The third-order valence-corrected chi connectivity index (χ3v) is 3.03. The Labute approximate surface area is 118 Å². The first-order valence-corrected chi connectivity index (χ1v) is 6.04. The minimum Gasteiger partial charge on any atom is -0.478 e. The van der Waals surface area contributed by atoms with Crippen molar-refractivity contribution < 1.29 is 14.7 Å². The number of pyridine rings is 1. The molecule has 104 valence electrons. The number of aromatic nitrogens is 3. The fraction of sp³-hybridized carbons (Fsp3) is 0. The number of imidazole rings is 1. The number of H-pyrrole nitrogens is 1. The number of rotatable bonds is 3. The number of benzene rings is 1. The van der Waals surface area contributed by atoms with Crippen molar-refractivity contribution in [1.29, 1.82) is 0 Å². The Morgan fingerprint density at radius 2 is 2.00 bits per heavy atom. The molecule has 2 heterocycles. The number of nitrogens with zero attached hydrogens (tertiary/aromatic N) is 2. The molecule has 7 nitrogen and oxygen atoms in total. The molecule has 0 radical (unpaired) electrons. The van der Waals surface area contributed by atoms with Gasteiger partial charge in [0.25, 0.3) is 5.91 Å². The molecule has 0 unspecified atom stereocenters. The van der Waals surface area contributed by atoms with Gasteiger partial charge in [-0.3, -0.25) is 9.78 Å². The summed E-state index contributed by atoms with van der Waals surface area (Å²) in [6, 6.07) is 8.05. The zero-order valence-electron chi connectivity index (χ0n) is 10.7. The Balaban J connectivity index is 2.11. The summed E-state index contributed by atoms with van der Waals surface area (Å²) < 4.78 is 0. The average molecular weight is 282 g/mol. The Hall–Kier alpha value is -3.22. The van der Waals surface area contributed by atoms with Crippen LogP contribution in [0.3, 0.4) is 0 Å². The van der Waals surface area contributed by atoms with Crippen molar-refractivity contribution in [2.75, 3.05) is 0 Å². The van der Waals surface area contributed by atoms with E-state index in [1.807, 2.05) is 0 Å². The van der Waals surface area contributed by atoms with E-state index in [1.165, 1.54) is 12.3 Å². The summed E-state index contributed by atoms with van der Waals surface area (Å²) in [6.07, 6.45) is 1.25. The summed E-state index contributed by atoms with van der Waals surface area (Å²) in [5.41, 5.74) is 7.31. The number of nitrogens with one attached hydrogen (secondary N) is 1. The lowest BCUT2D eigenvalue weighted by Crippen LogP contribution is -2.11. The lowest BCUT2D eigenvalue weighted by atomic mass is 10.2. The number of aromatic amines is 1. The van der Waals surface area contributed by atoms with Crippen LogP contribution in [-0.2, 0) is 0 Å². The van der Waals surface area contributed by atoms with Gasteiger partial charge >= 0.3 is 5.97 Å². The van der Waals surface area contributed by atoms with Gasteiger partial charge in [-0.15, -0.1) is 0 Å². The van der Waals surface area contributed by atoms with Crippen LogP contribution in [0.25, 0.3) is 22.6 Å². The van der Waals surface area contributed by atoms with Gasteiger partial charge in [0.05, 0.1) is 16.6 Å². The van der Waals surface area contributed by atoms with Gasteiger partial charge in [-0.1, -0.05) is 6.07 Å². The third-order valence-electron chi connectivity index (χ3n) is 3.03. The number of carbonyl (C=O) groups is 2. The molecule has 0 spiro atoms. The fourth-order valence-corrected chi connectivity index (χ4v) is 2.01. The second-order valence-corrected chi connectivity index (χ2v) is 4.39. The molecule has 21 heavy (non-hydrogen) atoms. The van der Waals surface area contributed by atoms with E-state index < -0.39 is 11.9 Å². The highest BCUT2D eigenvalue weighted by atomic mass is 16.4. The fourth-order valence-electron chi connectivity index (χ4n) is 2.01. The van der Waals surface area contributed by atoms with Crippen molar-refractivity contribution >= 4 is 22.9 Å². The average Bonchev–Trinajstić information content (AvgIpc) is 2.90. The van der Waals surface area contributed by atoms with E-state index in [4.69, 9.17) is 10.8 Å². The first-order chi connectivity index (χ1) is 10.1. The molecule has 0 bridgehead atoms. The summed E-state index contributed by atoms with van der Waals surface area (Å²) in [5.74, 6) is -1.17. The number of para-hydroxylation sites is 1. The van der Waals surface area contributed by atoms with E-state index in [9.17, 15) is 9.59 Å². The number of carboxylic acid groups (broad SMARTS) is 1. The summed E-state index contributed by atoms with van der Waals surface area (Å²) in [4.78, 5) is 33.6. The number of nitrogens with two attached hydrogens (primary N) is 1. The largest absolute Gasteiger partial charge is 0.478 e. The summed E-state index contributed by atoms with van der Waals surface area (Å²) >= 11 is 0. The standard InChI is InChI=1S/C14H10N4O3/c15-12(19)8-2-1-3-9-11(8)18-13(17-9)10-5-4-7(6-16-10)14(20)21/h1-6H,(H2,15,19)(H,17,18)(H,20,21). The highest BCUT2D eigenvalue weighted by molar-refractivity contribution is 6.04. The molecule has 2 aromatic heterocycles. The molecule has 0 aliphatic rings. The van der Waals surface area contributed by atoms with Crippen molar-refractivity contribution in [3.05, 3.63) is 47.7 Å². The van der Waals surface area contributed by atoms with Crippen molar-refractivity contribution in [1.82, 2.24) is 15.0 Å². The quantitative estimate of drug-likeness (QED) is 0.670. The van der Waals surface area contributed by atoms with Crippen LogP contribution in [0.15, 0.2) is 36.5 Å². The van der Waals surface area contributed by atoms with Gasteiger partial charge < -0.3 is 15.8 Å². The lowest BCUT2D eigenvalue weighted by molar-refractivity contribution is 0.0696. The molecule has 3 rings (SSSR count). The first kappa shape index (κ1) is 12.8. The smallest absolute Gasteiger partial charge is 0.337 e. The summed E-state index contributed by atoms with van der Waals surface area (Å²) in [6.45, 7) is 0. The number of hydrogen-bond acceptors (Lipinski definition) is 4. The molecule has 7 heteroatoms. The van der Waals surface area contributed by atoms with Gasteiger partial charge in [-0.05, 0) is 24.3 Å². The van der Waals surface area contributed by atoms with Crippen LogP contribution in [0, 0.1) is 0 Å². The van der Waals surface area contributed by atoms with Crippen molar-refractivity contribution in [3.63, 3.8) is 0 Å². The van der Waals surface area contributed by atoms with Crippen molar-refractivity contribution in [2.45, 2.75) is 0 Å². The minimum absolute atomic E-state index is 0.0905. The molecule has 0 aliphatic heterocycles. The number of hydrogen-bond donors (Lipinski definition) is 3. The third kappa shape index (κ3) is 2.20. The Bertz CT molecular complexity index is 852. The van der Waals surface area contributed by atoms with E-state index in [1.54, 1.807) is 24.3 Å². The van der Waals surface area contributed by atoms with E-state index in [0.29, 0.717) is 28.1 Å². The topological polar surface area (TPSA) is 122 Å². The molecule has 0 aliphatic carbocycles. The Kier molecular flexibility index (Phi) is 2.87. The van der Waals surface area contributed by atoms with Gasteiger partial charge in [-0.25, -0.2) is 9.78 Å². The molecule has 3 aromatic rings. The normalized spacial score (nSPS) is 10.7. The minimum atomic E-state index is -1.05. The van der Waals surface area contributed by atoms with Crippen LogP contribution in [0.1, 0.15) is 20.7 Å². The Morgan fingerprint density at radius 3 is 2.62 bits per heavy atom. The van der Waals surface area contributed by atoms with Gasteiger partial charge in [0.1, 0.15) is 11.2 Å². The van der Waals surface area contributed by atoms with E-state index in [2.05, 4.69) is 15.0 Å². The lowest BCUT2D eigenvalue weighted by Gasteiger charge is -1.96. The number of carbonyl (C=O) groups excluding carboxylic acids is 1. The van der Waals surface area contributed by atoms with Crippen LogP contribution >= 0.6 is 0 Å². The summed E-state index contributed by atoms with van der Waals surface area (Å²) in [7, 11) is 0. The molecular formula is C14H10N4O3. The van der Waals surface area contributed by atoms with E-state index in [0.717, 1.165) is 0 Å². The maximum absolute atomic E-state index is 11.4. The maximum atomic E-state index is 11.4. The number of carboxylic acids is 1. The highest BCUT2D eigenvalue weighted by Gasteiger charge is 2.13. The number of fused-ring (bicyclic) bond motifs is 1. The van der Waals surface area contributed by atoms with E-state index in [-0.39, 0.29) is 5.56 Å². The van der Waals surface area contributed by atoms with Crippen LogP contribution in [0.4, 0.5) is 0 Å². The van der Waals surface area contributed by atoms with Crippen molar-refractivity contribution in [2.24, 2.45) is 5.73 Å². The molecule has 1 amide bonds. The molecule has 0 atom stereocenters. The maximum Gasteiger partial charge on any atom is 0.337 e. The SMILES string of the molecule is NC(=O)c1cccc2[nH]c(-c3ccc(C(=O)O)cn3)nc12. The van der Waals surface area contributed by atoms with Crippen LogP contribution in [-0.4, -0.2) is 31.9 Å². The van der Waals surface area contributed by atoms with Crippen LogP contribution in [0.5, 0.6) is 0 Å². The van der Waals surface area contributed by atoms with Crippen LogP contribution in [0.2, 0.25) is 0 Å². The first-order valence-electron chi connectivity index (χ1n) is 6.04. The number of amides is 1.